The Morgan fingerprint density at radius 1 is 1.17 bits per heavy atom. The van der Waals surface area contributed by atoms with E-state index in [2.05, 4.69) is 37.3 Å². The van der Waals surface area contributed by atoms with E-state index in [-0.39, 0.29) is 11.6 Å². The lowest BCUT2D eigenvalue weighted by Crippen LogP contribution is -3.04. The smallest absolute Gasteiger partial charge is 0.270 e. The van der Waals surface area contributed by atoms with Crippen LogP contribution in [0.15, 0.2) is 42.5 Å². The van der Waals surface area contributed by atoms with Crippen LogP contribution in [0.4, 0.5) is 11.4 Å². The summed E-state index contributed by atoms with van der Waals surface area (Å²) in [5, 5.41) is 14.3. The van der Waals surface area contributed by atoms with Crippen LogP contribution in [-0.4, -0.2) is 38.0 Å². The Labute approximate surface area is 177 Å². The highest BCUT2D eigenvalue weighted by Gasteiger charge is 2.23. The zero-order valence-electron chi connectivity index (χ0n) is 18.0. The average molecular weight is 412 g/mol. The summed E-state index contributed by atoms with van der Waals surface area (Å²) >= 11 is 0. The van der Waals surface area contributed by atoms with Crippen molar-refractivity contribution in [2.24, 2.45) is 5.92 Å². The number of non-ortho nitro benzene ring substituents is 1. The lowest BCUT2D eigenvalue weighted by molar-refractivity contribution is -0.872. The first-order valence-corrected chi connectivity index (χ1v) is 10.5. The monoisotopic (exact) mass is 411 g/mol. The van der Waals surface area contributed by atoms with Crippen LogP contribution in [-0.2, 0) is 13.1 Å². The summed E-state index contributed by atoms with van der Waals surface area (Å²) in [6.07, 6.45) is 2.11. The van der Waals surface area contributed by atoms with E-state index < -0.39 is 4.92 Å². The number of carbonyl (C=O) groups excluding carboxylic acids is 1. The molecule has 0 bridgehead atoms. The standard InChI is InChI=1S/C23H30N4O3/c1-17-10-12-26(13-11-17)22-9-8-20(27(29)30)14-21(22)23(28)24-15-18-6-4-5-7-19(18)16-25(2)3/h4-9,14,17H,10-13,15-16H2,1-3H3,(H,24,28)/p+1. The maximum atomic E-state index is 13.1. The number of benzene rings is 2. The third kappa shape index (κ3) is 5.36. The highest BCUT2D eigenvalue weighted by Crippen LogP contribution is 2.29. The molecule has 1 saturated heterocycles. The van der Waals surface area contributed by atoms with E-state index in [1.165, 1.54) is 22.6 Å². The Morgan fingerprint density at radius 3 is 2.47 bits per heavy atom. The van der Waals surface area contributed by atoms with E-state index in [1.54, 1.807) is 6.07 Å². The molecule has 0 spiro atoms. The predicted octanol–water partition coefficient (Wildman–Crippen LogP) is 2.41. The SMILES string of the molecule is CC1CCN(c2ccc([N+](=O)[O-])cc2C(=O)NCc2ccccc2C[NH+](C)C)CC1. The number of quaternary nitrogens is 1. The molecule has 0 aromatic heterocycles. The summed E-state index contributed by atoms with van der Waals surface area (Å²) < 4.78 is 0. The lowest BCUT2D eigenvalue weighted by Gasteiger charge is -2.33. The van der Waals surface area contributed by atoms with Gasteiger partial charge in [0, 0.05) is 37.3 Å². The summed E-state index contributed by atoms with van der Waals surface area (Å²) in [6, 6.07) is 12.6. The maximum Gasteiger partial charge on any atom is 0.270 e. The molecule has 0 atom stereocenters. The maximum absolute atomic E-state index is 13.1. The van der Waals surface area contributed by atoms with Crippen LogP contribution in [0, 0.1) is 16.0 Å². The minimum Gasteiger partial charge on any atom is -0.371 e. The topological polar surface area (TPSA) is 79.9 Å². The van der Waals surface area contributed by atoms with Crippen molar-refractivity contribution < 1.29 is 14.6 Å². The van der Waals surface area contributed by atoms with Crippen LogP contribution >= 0.6 is 0 Å². The van der Waals surface area contributed by atoms with Gasteiger partial charge in [-0.15, -0.1) is 0 Å². The van der Waals surface area contributed by atoms with Crippen molar-refractivity contribution in [3.05, 3.63) is 69.3 Å². The highest BCUT2D eigenvalue weighted by atomic mass is 16.6. The van der Waals surface area contributed by atoms with Crippen LogP contribution in [0.25, 0.3) is 0 Å². The number of hydrogen-bond acceptors (Lipinski definition) is 4. The molecule has 2 N–H and O–H groups in total. The Bertz CT molecular complexity index is 905. The quantitative estimate of drug-likeness (QED) is 0.542. The molecule has 2 aromatic rings. The van der Waals surface area contributed by atoms with Gasteiger partial charge in [0.25, 0.3) is 11.6 Å². The third-order valence-electron chi connectivity index (χ3n) is 5.66. The van der Waals surface area contributed by atoms with Crippen LogP contribution in [0.2, 0.25) is 0 Å². The van der Waals surface area contributed by atoms with Crippen molar-refractivity contribution in [1.82, 2.24) is 5.32 Å². The lowest BCUT2D eigenvalue weighted by atomic mass is 9.97. The van der Waals surface area contributed by atoms with Gasteiger partial charge >= 0.3 is 0 Å². The summed E-state index contributed by atoms with van der Waals surface area (Å²) in [4.78, 5) is 27.4. The largest absolute Gasteiger partial charge is 0.371 e. The van der Waals surface area contributed by atoms with E-state index in [0.717, 1.165) is 43.7 Å². The molecule has 0 saturated carbocycles. The zero-order chi connectivity index (χ0) is 21.7. The van der Waals surface area contributed by atoms with Crippen molar-refractivity contribution in [3.63, 3.8) is 0 Å². The van der Waals surface area contributed by atoms with Gasteiger partial charge in [-0.05, 0) is 30.4 Å². The molecule has 1 amide bonds. The Hall–Kier alpha value is -2.93. The van der Waals surface area contributed by atoms with Gasteiger partial charge in [0.15, 0.2) is 0 Å². The normalized spacial score (nSPS) is 14.7. The van der Waals surface area contributed by atoms with Gasteiger partial charge < -0.3 is 15.1 Å². The molecular formula is C23H31N4O3+. The Kier molecular flexibility index (Phi) is 7.05. The first kappa shape index (κ1) is 21.8. The van der Waals surface area contributed by atoms with Crippen molar-refractivity contribution >= 4 is 17.3 Å². The second-order valence-electron chi connectivity index (χ2n) is 8.46. The van der Waals surface area contributed by atoms with Gasteiger partial charge in [-0.3, -0.25) is 14.9 Å². The molecule has 1 aliphatic heterocycles. The van der Waals surface area contributed by atoms with E-state index in [1.807, 2.05) is 18.2 Å². The molecule has 30 heavy (non-hydrogen) atoms. The number of carbonyl (C=O) groups is 1. The van der Waals surface area contributed by atoms with Gasteiger partial charge in [-0.2, -0.15) is 0 Å². The number of anilines is 1. The minimum absolute atomic E-state index is 0.0640. The van der Waals surface area contributed by atoms with Gasteiger partial charge in [0.1, 0.15) is 6.54 Å². The zero-order valence-corrected chi connectivity index (χ0v) is 18.0. The van der Waals surface area contributed by atoms with Crippen LogP contribution in [0.3, 0.4) is 0 Å². The molecule has 0 unspecified atom stereocenters. The summed E-state index contributed by atoms with van der Waals surface area (Å²) in [6.45, 7) is 5.19. The molecule has 1 aliphatic rings. The van der Waals surface area contributed by atoms with Gasteiger partial charge in [0.2, 0.25) is 0 Å². The number of hydrogen-bond donors (Lipinski definition) is 2. The highest BCUT2D eigenvalue weighted by molar-refractivity contribution is 6.00. The van der Waals surface area contributed by atoms with Gasteiger partial charge in [-0.25, -0.2) is 0 Å². The van der Waals surface area contributed by atoms with Crippen LogP contribution in [0.1, 0.15) is 41.3 Å². The summed E-state index contributed by atoms with van der Waals surface area (Å²) in [5.41, 5.74) is 3.32. The molecule has 7 heteroatoms. The molecule has 1 fully saturated rings. The molecular weight excluding hydrogens is 380 g/mol. The van der Waals surface area contributed by atoms with Crippen molar-refractivity contribution in [2.75, 3.05) is 32.1 Å². The summed E-state index contributed by atoms with van der Waals surface area (Å²) in [5.74, 6) is 0.381. The van der Waals surface area contributed by atoms with Crippen molar-refractivity contribution in [1.29, 1.82) is 0 Å². The molecule has 1 heterocycles. The molecule has 7 nitrogen and oxygen atoms in total. The minimum atomic E-state index is -0.450. The average Bonchev–Trinajstić information content (AvgIpc) is 2.72. The first-order chi connectivity index (χ1) is 14.3. The van der Waals surface area contributed by atoms with Crippen molar-refractivity contribution in [2.45, 2.75) is 32.9 Å². The predicted molar refractivity (Wildman–Crippen MR) is 118 cm³/mol. The Balaban J connectivity index is 1.82. The molecule has 0 aliphatic carbocycles. The fourth-order valence-corrected chi connectivity index (χ4v) is 3.90. The molecule has 0 radical (unpaired) electrons. The number of rotatable bonds is 7. The first-order valence-electron chi connectivity index (χ1n) is 10.5. The van der Waals surface area contributed by atoms with E-state index in [9.17, 15) is 14.9 Å². The molecule has 2 aromatic carbocycles. The van der Waals surface area contributed by atoms with Crippen LogP contribution < -0.4 is 15.1 Å². The van der Waals surface area contributed by atoms with Gasteiger partial charge in [-0.1, -0.05) is 31.2 Å². The molecule has 3 rings (SSSR count). The number of nitro benzene ring substituents is 1. The second kappa shape index (κ2) is 9.71. The van der Waals surface area contributed by atoms with Gasteiger partial charge in [0.05, 0.1) is 30.3 Å². The Morgan fingerprint density at radius 2 is 1.83 bits per heavy atom. The number of nitrogens with one attached hydrogen (secondary N) is 2. The van der Waals surface area contributed by atoms with E-state index >= 15 is 0 Å². The number of piperidine rings is 1. The number of nitrogens with zero attached hydrogens (tertiary/aromatic N) is 2. The van der Waals surface area contributed by atoms with E-state index in [4.69, 9.17) is 0 Å². The van der Waals surface area contributed by atoms with Crippen molar-refractivity contribution in [3.8, 4) is 0 Å². The fourth-order valence-electron chi connectivity index (χ4n) is 3.90. The third-order valence-corrected chi connectivity index (χ3v) is 5.66. The number of nitro groups is 1. The van der Waals surface area contributed by atoms with Crippen LogP contribution in [0.5, 0.6) is 0 Å². The van der Waals surface area contributed by atoms with E-state index in [0.29, 0.717) is 18.0 Å². The molecule has 160 valence electrons. The fraction of sp³-hybridized carbons (Fsp3) is 0.435. The second-order valence-corrected chi connectivity index (χ2v) is 8.46. The summed E-state index contributed by atoms with van der Waals surface area (Å²) in [7, 11) is 4.18. The number of amides is 1.